The maximum atomic E-state index is 12.6. The summed E-state index contributed by atoms with van der Waals surface area (Å²) in [4.78, 5) is 32.7. The SMILES string of the molecule is CCC(=O)N1CCCN(C(=O)c2ccoc2)CC1c1nc(C)no1. The van der Waals surface area contributed by atoms with Crippen molar-refractivity contribution in [3.8, 4) is 0 Å². The number of amides is 2. The minimum absolute atomic E-state index is 0.00784. The molecule has 1 fully saturated rings. The van der Waals surface area contributed by atoms with E-state index in [-0.39, 0.29) is 11.8 Å². The summed E-state index contributed by atoms with van der Waals surface area (Å²) in [6, 6.07) is 1.20. The second-order valence-corrected chi connectivity index (χ2v) is 5.75. The number of rotatable bonds is 3. The van der Waals surface area contributed by atoms with E-state index in [1.165, 1.54) is 12.5 Å². The standard InChI is InChI=1S/C16H20N4O4/c1-3-14(21)20-7-4-6-19(16(22)12-5-8-23-10-12)9-13(20)15-17-11(2)18-24-15/h5,8,10,13H,3-4,6-7,9H2,1-2H3. The molecule has 1 unspecified atom stereocenters. The van der Waals surface area contributed by atoms with Crippen molar-refractivity contribution in [2.75, 3.05) is 19.6 Å². The van der Waals surface area contributed by atoms with Gasteiger partial charge >= 0.3 is 0 Å². The molecule has 1 aliphatic heterocycles. The monoisotopic (exact) mass is 332 g/mol. The van der Waals surface area contributed by atoms with Crippen molar-refractivity contribution in [1.82, 2.24) is 19.9 Å². The van der Waals surface area contributed by atoms with Crippen LogP contribution in [0.1, 0.15) is 47.9 Å². The predicted molar refractivity (Wildman–Crippen MR) is 83.0 cm³/mol. The summed E-state index contributed by atoms with van der Waals surface area (Å²) in [6.07, 6.45) is 3.98. The van der Waals surface area contributed by atoms with Crippen LogP contribution in [0.4, 0.5) is 0 Å². The summed E-state index contributed by atoms with van der Waals surface area (Å²) >= 11 is 0. The Balaban J connectivity index is 1.88. The van der Waals surface area contributed by atoms with Crippen LogP contribution in [0, 0.1) is 6.92 Å². The Morgan fingerprint density at radius 3 is 2.83 bits per heavy atom. The third kappa shape index (κ3) is 3.17. The number of carbonyl (C=O) groups excluding carboxylic acids is 2. The predicted octanol–water partition coefficient (Wildman–Crippen LogP) is 1.80. The van der Waals surface area contributed by atoms with Gasteiger partial charge in [-0.2, -0.15) is 4.98 Å². The van der Waals surface area contributed by atoms with Gasteiger partial charge in [0.15, 0.2) is 5.82 Å². The van der Waals surface area contributed by atoms with Gasteiger partial charge in [0.05, 0.1) is 18.4 Å². The zero-order chi connectivity index (χ0) is 17.1. The molecule has 1 atom stereocenters. The van der Waals surface area contributed by atoms with E-state index in [1.807, 2.05) is 6.92 Å². The van der Waals surface area contributed by atoms with Crippen molar-refractivity contribution in [1.29, 1.82) is 0 Å². The van der Waals surface area contributed by atoms with Crippen molar-refractivity contribution in [3.63, 3.8) is 0 Å². The van der Waals surface area contributed by atoms with Gasteiger partial charge in [0.2, 0.25) is 5.91 Å². The fourth-order valence-electron chi connectivity index (χ4n) is 2.90. The second-order valence-electron chi connectivity index (χ2n) is 5.75. The van der Waals surface area contributed by atoms with Gasteiger partial charge in [-0.25, -0.2) is 0 Å². The molecule has 3 heterocycles. The Hall–Kier alpha value is -2.64. The molecule has 0 bridgehead atoms. The first-order chi connectivity index (χ1) is 11.6. The molecule has 2 amide bonds. The van der Waals surface area contributed by atoms with E-state index >= 15 is 0 Å². The van der Waals surface area contributed by atoms with Crippen LogP contribution in [0.3, 0.4) is 0 Å². The third-order valence-electron chi connectivity index (χ3n) is 4.10. The summed E-state index contributed by atoms with van der Waals surface area (Å²) in [6.45, 7) is 4.97. The summed E-state index contributed by atoms with van der Waals surface area (Å²) in [7, 11) is 0. The highest BCUT2D eigenvalue weighted by atomic mass is 16.5. The van der Waals surface area contributed by atoms with Gasteiger partial charge in [-0.3, -0.25) is 9.59 Å². The largest absolute Gasteiger partial charge is 0.472 e. The van der Waals surface area contributed by atoms with Crippen molar-refractivity contribution in [2.45, 2.75) is 32.7 Å². The molecule has 2 aromatic heterocycles. The van der Waals surface area contributed by atoms with Gasteiger partial charge in [-0.15, -0.1) is 0 Å². The first-order valence-electron chi connectivity index (χ1n) is 8.01. The number of aromatic nitrogens is 2. The van der Waals surface area contributed by atoms with Gasteiger partial charge in [-0.1, -0.05) is 12.1 Å². The van der Waals surface area contributed by atoms with Gasteiger partial charge in [-0.05, 0) is 19.4 Å². The van der Waals surface area contributed by atoms with E-state index in [0.29, 0.717) is 49.8 Å². The normalized spacial score (nSPS) is 18.5. The van der Waals surface area contributed by atoms with Crippen LogP contribution in [0.25, 0.3) is 0 Å². The summed E-state index contributed by atoms with van der Waals surface area (Å²) in [5.74, 6) is 0.747. The average molecular weight is 332 g/mol. The van der Waals surface area contributed by atoms with E-state index < -0.39 is 6.04 Å². The van der Waals surface area contributed by atoms with E-state index in [0.717, 1.165) is 0 Å². The molecule has 8 heteroatoms. The minimum atomic E-state index is -0.433. The van der Waals surface area contributed by atoms with E-state index in [2.05, 4.69) is 10.1 Å². The van der Waals surface area contributed by atoms with Crippen molar-refractivity contribution in [3.05, 3.63) is 35.9 Å². The molecule has 0 spiro atoms. The fourth-order valence-corrected chi connectivity index (χ4v) is 2.90. The molecule has 2 aromatic rings. The quantitative estimate of drug-likeness (QED) is 0.851. The zero-order valence-electron chi connectivity index (χ0n) is 13.8. The van der Waals surface area contributed by atoms with Crippen LogP contribution in [0.2, 0.25) is 0 Å². The number of hydrogen-bond acceptors (Lipinski definition) is 6. The Bertz CT molecular complexity index is 709. The summed E-state index contributed by atoms with van der Waals surface area (Å²) < 4.78 is 10.3. The number of nitrogens with zero attached hydrogens (tertiary/aromatic N) is 4. The van der Waals surface area contributed by atoms with Crippen LogP contribution in [0.15, 0.2) is 27.5 Å². The van der Waals surface area contributed by atoms with Gasteiger partial charge in [0.1, 0.15) is 12.3 Å². The van der Waals surface area contributed by atoms with E-state index in [4.69, 9.17) is 8.94 Å². The Morgan fingerprint density at radius 2 is 2.21 bits per heavy atom. The van der Waals surface area contributed by atoms with Crippen LogP contribution >= 0.6 is 0 Å². The lowest BCUT2D eigenvalue weighted by molar-refractivity contribution is -0.133. The molecular weight excluding hydrogens is 312 g/mol. The van der Waals surface area contributed by atoms with Crippen LogP contribution in [0.5, 0.6) is 0 Å². The molecule has 0 aliphatic carbocycles. The minimum Gasteiger partial charge on any atom is -0.472 e. The molecule has 0 radical (unpaired) electrons. The lowest BCUT2D eigenvalue weighted by Gasteiger charge is -2.29. The summed E-state index contributed by atoms with van der Waals surface area (Å²) in [5, 5.41) is 3.82. The molecule has 128 valence electrons. The number of carbonyl (C=O) groups is 2. The Morgan fingerprint density at radius 1 is 1.38 bits per heavy atom. The van der Waals surface area contributed by atoms with Gasteiger partial charge in [0.25, 0.3) is 11.8 Å². The van der Waals surface area contributed by atoms with Crippen molar-refractivity contribution in [2.24, 2.45) is 0 Å². The molecule has 0 aromatic carbocycles. The first-order valence-corrected chi connectivity index (χ1v) is 8.01. The highest BCUT2D eigenvalue weighted by Crippen LogP contribution is 2.25. The Kier molecular flexibility index (Phi) is 4.64. The molecule has 3 rings (SSSR count). The number of furan rings is 1. The molecular formula is C16H20N4O4. The first kappa shape index (κ1) is 16.2. The van der Waals surface area contributed by atoms with Gasteiger partial charge < -0.3 is 18.7 Å². The summed E-state index contributed by atoms with van der Waals surface area (Å²) in [5.41, 5.74) is 0.491. The van der Waals surface area contributed by atoms with Crippen LogP contribution < -0.4 is 0 Å². The van der Waals surface area contributed by atoms with Crippen LogP contribution in [-0.2, 0) is 4.79 Å². The zero-order valence-corrected chi connectivity index (χ0v) is 13.8. The lowest BCUT2D eigenvalue weighted by Crippen LogP contribution is -2.40. The highest BCUT2D eigenvalue weighted by Gasteiger charge is 2.34. The van der Waals surface area contributed by atoms with E-state index in [1.54, 1.807) is 22.8 Å². The maximum absolute atomic E-state index is 12.6. The Labute approximate surface area is 139 Å². The lowest BCUT2D eigenvalue weighted by atomic mass is 10.2. The van der Waals surface area contributed by atoms with Crippen molar-refractivity contribution >= 4 is 11.8 Å². The molecule has 24 heavy (non-hydrogen) atoms. The fraction of sp³-hybridized carbons (Fsp3) is 0.500. The smallest absolute Gasteiger partial charge is 0.257 e. The molecule has 1 aliphatic rings. The molecule has 0 saturated carbocycles. The van der Waals surface area contributed by atoms with Crippen molar-refractivity contribution < 1.29 is 18.5 Å². The average Bonchev–Trinajstić information content (AvgIpc) is 3.21. The maximum Gasteiger partial charge on any atom is 0.257 e. The molecule has 8 nitrogen and oxygen atoms in total. The van der Waals surface area contributed by atoms with Gasteiger partial charge in [0, 0.05) is 19.5 Å². The molecule has 0 N–H and O–H groups in total. The third-order valence-corrected chi connectivity index (χ3v) is 4.10. The topological polar surface area (TPSA) is 92.7 Å². The number of aryl methyl sites for hydroxylation is 1. The van der Waals surface area contributed by atoms with E-state index in [9.17, 15) is 9.59 Å². The number of hydrogen-bond donors (Lipinski definition) is 0. The van der Waals surface area contributed by atoms with Crippen LogP contribution in [-0.4, -0.2) is 51.4 Å². The highest BCUT2D eigenvalue weighted by molar-refractivity contribution is 5.94. The second kappa shape index (κ2) is 6.86. The molecule has 1 saturated heterocycles.